The molecule has 1 aliphatic heterocycles. The average molecular weight is 383 g/mol. The number of carboxylic acids is 1. The number of aryl methyl sites for hydroxylation is 1. The molecule has 1 aromatic carbocycles. The summed E-state index contributed by atoms with van der Waals surface area (Å²) in [4.78, 5) is 10.9. The molecule has 0 fully saturated rings. The average Bonchev–Trinajstić information content (AvgIpc) is 2.90. The van der Waals surface area contributed by atoms with Gasteiger partial charge in [0.15, 0.2) is 5.69 Å². The van der Waals surface area contributed by atoms with Gasteiger partial charge in [0, 0.05) is 19.0 Å². The van der Waals surface area contributed by atoms with Gasteiger partial charge in [-0.15, -0.1) is 0 Å². The van der Waals surface area contributed by atoms with Crippen molar-refractivity contribution in [3.63, 3.8) is 0 Å². The number of nitrogens with one attached hydrogen (secondary N) is 1. The summed E-state index contributed by atoms with van der Waals surface area (Å²) in [5, 5.41) is 13.0. The molecule has 0 saturated heterocycles. The molecular formula is C16H18FN3O5S. The fraction of sp³-hybridized carbons (Fsp3) is 0.375. The van der Waals surface area contributed by atoms with Gasteiger partial charge in [-0.1, -0.05) is 0 Å². The Hall–Kier alpha value is -2.46. The maximum Gasteiger partial charge on any atom is 0.355 e. The molecule has 2 N–H and O–H groups in total. The molecule has 26 heavy (non-hydrogen) atoms. The summed E-state index contributed by atoms with van der Waals surface area (Å²) in [5.41, 5.74) is -0.792. The first-order valence-corrected chi connectivity index (χ1v) is 9.24. The van der Waals surface area contributed by atoms with Gasteiger partial charge in [-0.2, -0.15) is 5.10 Å². The van der Waals surface area contributed by atoms with Gasteiger partial charge in [0.2, 0.25) is 10.0 Å². The number of benzene rings is 1. The number of sulfonamides is 1. The molecule has 140 valence electrons. The molecule has 0 amide bonds. The van der Waals surface area contributed by atoms with Gasteiger partial charge in [0.25, 0.3) is 0 Å². The zero-order chi connectivity index (χ0) is 19.3. The highest BCUT2D eigenvalue weighted by molar-refractivity contribution is 7.89. The summed E-state index contributed by atoms with van der Waals surface area (Å²) in [6.45, 7) is 3.57. The first kappa shape index (κ1) is 18.3. The Morgan fingerprint density at radius 2 is 2.15 bits per heavy atom. The maximum absolute atomic E-state index is 13.7. The monoisotopic (exact) mass is 383 g/mol. The molecule has 0 saturated carbocycles. The van der Waals surface area contributed by atoms with Gasteiger partial charge in [-0.3, -0.25) is 4.68 Å². The molecule has 2 aromatic rings. The molecule has 0 bridgehead atoms. The summed E-state index contributed by atoms with van der Waals surface area (Å²) in [5.74, 6) is -1.56. The number of hydrogen-bond donors (Lipinski definition) is 2. The van der Waals surface area contributed by atoms with Crippen LogP contribution >= 0.6 is 0 Å². The lowest BCUT2D eigenvalue weighted by molar-refractivity contribution is 0.0674. The van der Waals surface area contributed by atoms with E-state index in [1.807, 2.05) is 0 Å². The lowest BCUT2D eigenvalue weighted by Crippen LogP contribution is -2.41. The summed E-state index contributed by atoms with van der Waals surface area (Å²) in [6.07, 6.45) is 1.22. The number of carboxylic acid groups (broad SMARTS) is 1. The Labute approximate surface area is 149 Å². The molecule has 0 spiro atoms. The summed E-state index contributed by atoms with van der Waals surface area (Å²) in [7, 11) is -2.87. The van der Waals surface area contributed by atoms with Crippen LogP contribution in [0.2, 0.25) is 0 Å². The van der Waals surface area contributed by atoms with Crippen LogP contribution in [0.4, 0.5) is 4.39 Å². The van der Waals surface area contributed by atoms with Crippen molar-refractivity contribution in [2.24, 2.45) is 7.05 Å². The van der Waals surface area contributed by atoms with E-state index in [-0.39, 0.29) is 6.42 Å². The zero-order valence-corrected chi connectivity index (χ0v) is 15.2. The number of carbonyl (C=O) groups is 1. The van der Waals surface area contributed by atoms with Gasteiger partial charge in [0.05, 0.1) is 12.2 Å². The van der Waals surface area contributed by atoms with Crippen molar-refractivity contribution in [3.8, 4) is 5.75 Å². The molecule has 1 atom stereocenters. The van der Waals surface area contributed by atoms with Crippen molar-refractivity contribution in [2.45, 2.75) is 36.8 Å². The molecule has 2 heterocycles. The SMILES string of the molecule is Cn1ncc(S(=O)(=O)NC2CC(C)(C)Oc3ccc(F)cc32)c1C(=O)O. The maximum atomic E-state index is 13.7. The lowest BCUT2D eigenvalue weighted by Gasteiger charge is -2.37. The second-order valence-electron chi connectivity index (χ2n) is 6.71. The number of aromatic carboxylic acids is 1. The Bertz CT molecular complexity index is 984. The Kier molecular flexibility index (Phi) is 4.27. The fourth-order valence-corrected chi connectivity index (χ4v) is 4.41. The Morgan fingerprint density at radius 1 is 1.46 bits per heavy atom. The summed E-state index contributed by atoms with van der Waals surface area (Å²) in [6, 6.07) is 3.10. The normalized spacial score (nSPS) is 18.8. The van der Waals surface area contributed by atoms with Crippen LogP contribution in [0.15, 0.2) is 29.3 Å². The number of rotatable bonds is 4. The van der Waals surface area contributed by atoms with Crippen LogP contribution in [-0.2, 0) is 17.1 Å². The van der Waals surface area contributed by atoms with Crippen LogP contribution in [0.5, 0.6) is 5.75 Å². The number of halogens is 1. The molecule has 10 heteroatoms. The Morgan fingerprint density at radius 3 is 2.81 bits per heavy atom. The molecule has 1 aliphatic rings. The third-order valence-corrected chi connectivity index (χ3v) is 5.60. The minimum Gasteiger partial charge on any atom is -0.487 e. The molecule has 1 aromatic heterocycles. The molecule has 0 aliphatic carbocycles. The zero-order valence-electron chi connectivity index (χ0n) is 14.4. The van der Waals surface area contributed by atoms with Gasteiger partial charge in [-0.05, 0) is 32.0 Å². The van der Waals surface area contributed by atoms with E-state index in [0.29, 0.717) is 11.3 Å². The number of ether oxygens (including phenoxy) is 1. The van der Waals surface area contributed by atoms with Crippen molar-refractivity contribution in [1.82, 2.24) is 14.5 Å². The van der Waals surface area contributed by atoms with Gasteiger partial charge in [0.1, 0.15) is 22.1 Å². The van der Waals surface area contributed by atoms with Crippen LogP contribution in [-0.4, -0.2) is 34.9 Å². The van der Waals surface area contributed by atoms with Crippen LogP contribution in [0, 0.1) is 5.82 Å². The Balaban J connectivity index is 2.03. The topological polar surface area (TPSA) is 111 Å². The minimum atomic E-state index is -4.21. The highest BCUT2D eigenvalue weighted by atomic mass is 32.2. The predicted octanol–water partition coefficient (Wildman–Crippen LogP) is 1.84. The van der Waals surface area contributed by atoms with Crippen molar-refractivity contribution in [1.29, 1.82) is 0 Å². The van der Waals surface area contributed by atoms with Crippen LogP contribution in [0.3, 0.4) is 0 Å². The molecular weight excluding hydrogens is 365 g/mol. The van der Waals surface area contributed by atoms with E-state index in [1.165, 1.54) is 25.2 Å². The van der Waals surface area contributed by atoms with E-state index in [1.54, 1.807) is 13.8 Å². The third-order valence-electron chi connectivity index (χ3n) is 4.12. The highest BCUT2D eigenvalue weighted by Crippen LogP contribution is 2.40. The van der Waals surface area contributed by atoms with E-state index < -0.39 is 44.0 Å². The smallest absolute Gasteiger partial charge is 0.355 e. The van der Waals surface area contributed by atoms with E-state index in [4.69, 9.17) is 4.74 Å². The van der Waals surface area contributed by atoms with Gasteiger partial charge in [-0.25, -0.2) is 22.3 Å². The molecule has 3 rings (SSSR count). The fourth-order valence-electron chi connectivity index (χ4n) is 3.04. The number of nitrogens with zero attached hydrogens (tertiary/aromatic N) is 2. The highest BCUT2D eigenvalue weighted by Gasteiger charge is 2.37. The summed E-state index contributed by atoms with van der Waals surface area (Å²) >= 11 is 0. The van der Waals surface area contributed by atoms with Crippen molar-refractivity contribution >= 4 is 16.0 Å². The second kappa shape index (κ2) is 6.06. The van der Waals surface area contributed by atoms with E-state index in [0.717, 1.165) is 10.9 Å². The van der Waals surface area contributed by atoms with Crippen LogP contribution in [0.1, 0.15) is 42.4 Å². The molecule has 0 radical (unpaired) electrons. The van der Waals surface area contributed by atoms with Crippen molar-refractivity contribution < 1.29 is 27.4 Å². The van der Waals surface area contributed by atoms with Crippen LogP contribution < -0.4 is 9.46 Å². The second-order valence-corrected chi connectivity index (χ2v) is 8.39. The first-order valence-electron chi connectivity index (χ1n) is 7.76. The first-order chi connectivity index (χ1) is 12.0. The largest absolute Gasteiger partial charge is 0.487 e. The minimum absolute atomic E-state index is 0.241. The van der Waals surface area contributed by atoms with Gasteiger partial charge >= 0.3 is 5.97 Å². The van der Waals surface area contributed by atoms with Crippen LogP contribution in [0.25, 0.3) is 0 Å². The van der Waals surface area contributed by atoms with E-state index in [2.05, 4.69) is 9.82 Å². The number of hydrogen-bond acceptors (Lipinski definition) is 5. The quantitative estimate of drug-likeness (QED) is 0.834. The number of fused-ring (bicyclic) bond motifs is 1. The summed E-state index contributed by atoms with van der Waals surface area (Å²) < 4.78 is 48.4. The molecule has 8 nitrogen and oxygen atoms in total. The van der Waals surface area contributed by atoms with Gasteiger partial charge < -0.3 is 9.84 Å². The third kappa shape index (κ3) is 3.29. The van der Waals surface area contributed by atoms with Crippen molar-refractivity contribution in [2.75, 3.05) is 0 Å². The molecule has 1 unspecified atom stereocenters. The van der Waals surface area contributed by atoms with E-state index >= 15 is 0 Å². The van der Waals surface area contributed by atoms with Crippen molar-refractivity contribution in [3.05, 3.63) is 41.5 Å². The number of aromatic nitrogens is 2. The van der Waals surface area contributed by atoms with E-state index in [9.17, 15) is 22.7 Å². The predicted molar refractivity (Wildman–Crippen MR) is 89.0 cm³/mol. The standard InChI is InChI=1S/C16H18FN3O5S/c1-16(2)7-11(10-6-9(17)4-5-12(10)25-16)19-26(23,24)13-8-18-20(3)14(13)15(21)22/h4-6,8,11,19H,7H2,1-3H3,(H,21,22). The lowest BCUT2D eigenvalue weighted by atomic mass is 9.90.